The molecule has 4 aromatic rings. The predicted molar refractivity (Wildman–Crippen MR) is 102 cm³/mol. The summed E-state index contributed by atoms with van der Waals surface area (Å²) >= 11 is 7.50. The topological polar surface area (TPSA) is 61.4 Å². The Bertz CT molecular complexity index is 1120. The minimum Gasteiger partial charge on any atom is -0.268 e. The van der Waals surface area contributed by atoms with Crippen LogP contribution in [-0.4, -0.2) is 29.8 Å². The lowest BCUT2D eigenvalue weighted by Gasteiger charge is -2.03. The number of hydrogen-bond acceptors (Lipinski definition) is 5. The second-order valence-corrected chi connectivity index (χ2v) is 7.81. The molecule has 11 heteroatoms. The highest BCUT2D eigenvalue weighted by Crippen LogP contribution is 2.27. The Morgan fingerprint density at radius 2 is 1.62 bits per heavy atom. The van der Waals surface area contributed by atoms with Gasteiger partial charge >= 0.3 is 6.18 Å². The van der Waals surface area contributed by atoms with Crippen LogP contribution >= 0.6 is 22.9 Å². The number of rotatable bonds is 6. The second-order valence-electron chi connectivity index (χ2n) is 6.26. The van der Waals surface area contributed by atoms with Crippen molar-refractivity contribution in [3.8, 4) is 0 Å². The van der Waals surface area contributed by atoms with Crippen LogP contribution in [0.5, 0.6) is 0 Å². The van der Waals surface area contributed by atoms with E-state index in [-0.39, 0.29) is 6.54 Å². The first kappa shape index (κ1) is 19.6. The number of halogens is 4. The van der Waals surface area contributed by atoms with E-state index in [1.165, 1.54) is 22.2 Å². The van der Waals surface area contributed by atoms with Gasteiger partial charge in [-0.25, -0.2) is 0 Å². The molecule has 29 heavy (non-hydrogen) atoms. The maximum Gasteiger partial charge on any atom is 0.435 e. The Morgan fingerprint density at radius 1 is 0.897 bits per heavy atom. The number of alkyl halides is 3. The third kappa shape index (κ3) is 4.83. The van der Waals surface area contributed by atoms with E-state index in [1.54, 1.807) is 4.68 Å². The third-order valence-corrected chi connectivity index (χ3v) is 5.33. The lowest BCUT2D eigenvalue weighted by molar-refractivity contribution is -0.141. The van der Waals surface area contributed by atoms with Crippen molar-refractivity contribution in [3.05, 3.63) is 80.8 Å². The predicted octanol–water partition coefficient (Wildman–Crippen LogP) is 4.29. The minimum absolute atomic E-state index is 0.134. The van der Waals surface area contributed by atoms with E-state index in [4.69, 9.17) is 11.6 Å². The van der Waals surface area contributed by atoms with E-state index in [1.807, 2.05) is 36.5 Å². The molecule has 0 aliphatic rings. The molecule has 0 fully saturated rings. The summed E-state index contributed by atoms with van der Waals surface area (Å²) in [4.78, 5) is 0. The molecule has 0 radical (unpaired) electrons. The highest BCUT2D eigenvalue weighted by atomic mass is 35.5. The monoisotopic (exact) mass is 438 g/mol. The van der Waals surface area contributed by atoms with Gasteiger partial charge in [-0.15, -0.1) is 10.2 Å². The van der Waals surface area contributed by atoms with Crippen molar-refractivity contribution in [2.45, 2.75) is 25.7 Å². The number of aromatic nitrogens is 6. The molecule has 0 unspecified atom stereocenters. The fourth-order valence-electron chi connectivity index (χ4n) is 2.71. The summed E-state index contributed by atoms with van der Waals surface area (Å²) in [6.45, 7) is 0.691. The van der Waals surface area contributed by atoms with Crippen LogP contribution in [0.25, 0.3) is 0 Å². The standard InChI is InChI=1S/C18H14ClF3N6S/c19-14-4-2-1-3-12(14)10-27-7-5-13(25-27)9-16-23-24-17(29-16)11-28-8-6-15(26-28)18(20,21)22/h1-8H,9-11H2. The maximum atomic E-state index is 12.6. The third-order valence-electron chi connectivity index (χ3n) is 4.06. The van der Waals surface area contributed by atoms with Crippen LogP contribution in [0.15, 0.2) is 48.8 Å². The first-order valence-corrected chi connectivity index (χ1v) is 9.74. The average molecular weight is 439 g/mol. The van der Waals surface area contributed by atoms with Crippen LogP contribution in [-0.2, 0) is 25.7 Å². The van der Waals surface area contributed by atoms with Crippen molar-refractivity contribution >= 4 is 22.9 Å². The van der Waals surface area contributed by atoms with Gasteiger partial charge in [-0.3, -0.25) is 9.36 Å². The van der Waals surface area contributed by atoms with Gasteiger partial charge in [0.25, 0.3) is 0 Å². The van der Waals surface area contributed by atoms with Gasteiger partial charge in [-0.1, -0.05) is 41.1 Å². The summed E-state index contributed by atoms with van der Waals surface area (Å²) < 4.78 is 40.9. The SMILES string of the molecule is FC(F)(F)c1ccn(Cc2nnc(Cc3ccn(Cc4ccccc4Cl)n3)s2)n1. The molecule has 0 bridgehead atoms. The molecule has 3 aromatic heterocycles. The quantitative estimate of drug-likeness (QED) is 0.450. The van der Waals surface area contributed by atoms with E-state index in [2.05, 4.69) is 20.4 Å². The first-order valence-electron chi connectivity index (χ1n) is 8.54. The molecule has 4 rings (SSSR count). The number of hydrogen-bond donors (Lipinski definition) is 0. The van der Waals surface area contributed by atoms with Gasteiger partial charge in [-0.05, 0) is 23.8 Å². The molecule has 0 saturated heterocycles. The average Bonchev–Trinajstić information content (AvgIpc) is 3.39. The molecule has 0 aliphatic heterocycles. The molecule has 0 saturated carbocycles. The van der Waals surface area contributed by atoms with E-state index in [0.717, 1.165) is 22.3 Å². The zero-order valence-electron chi connectivity index (χ0n) is 14.8. The van der Waals surface area contributed by atoms with Crippen LogP contribution < -0.4 is 0 Å². The first-order chi connectivity index (χ1) is 13.9. The summed E-state index contributed by atoms with van der Waals surface area (Å²) in [6, 6.07) is 10.4. The highest BCUT2D eigenvalue weighted by molar-refractivity contribution is 7.11. The van der Waals surface area contributed by atoms with Crippen molar-refractivity contribution < 1.29 is 13.2 Å². The van der Waals surface area contributed by atoms with Crippen molar-refractivity contribution in [1.82, 2.24) is 29.8 Å². The summed E-state index contributed by atoms with van der Waals surface area (Å²) in [7, 11) is 0. The molecule has 1 aromatic carbocycles. The maximum absolute atomic E-state index is 12.6. The van der Waals surface area contributed by atoms with Crippen LogP contribution in [0.2, 0.25) is 5.02 Å². The molecule has 0 amide bonds. The van der Waals surface area contributed by atoms with Gasteiger partial charge in [0.15, 0.2) is 5.69 Å². The van der Waals surface area contributed by atoms with Crippen LogP contribution in [0.4, 0.5) is 13.2 Å². The van der Waals surface area contributed by atoms with Gasteiger partial charge in [0.2, 0.25) is 0 Å². The van der Waals surface area contributed by atoms with Crippen molar-refractivity contribution in [2.24, 2.45) is 0 Å². The molecular weight excluding hydrogens is 425 g/mol. The largest absolute Gasteiger partial charge is 0.435 e. The molecule has 0 N–H and O–H groups in total. The molecule has 3 heterocycles. The fourth-order valence-corrected chi connectivity index (χ4v) is 3.75. The summed E-state index contributed by atoms with van der Waals surface area (Å²) in [5.41, 5.74) is 0.865. The summed E-state index contributed by atoms with van der Waals surface area (Å²) in [6.07, 6.45) is -0.830. The Labute approximate surface area is 172 Å². The Morgan fingerprint density at radius 3 is 2.38 bits per heavy atom. The van der Waals surface area contributed by atoms with Gasteiger partial charge in [0, 0.05) is 23.8 Å². The van der Waals surface area contributed by atoms with E-state index in [0.29, 0.717) is 23.0 Å². The van der Waals surface area contributed by atoms with Crippen molar-refractivity contribution in [2.75, 3.05) is 0 Å². The normalized spacial score (nSPS) is 11.9. The minimum atomic E-state index is -4.46. The molecule has 6 nitrogen and oxygen atoms in total. The van der Waals surface area contributed by atoms with Crippen LogP contribution in [0.3, 0.4) is 0 Å². The highest BCUT2D eigenvalue weighted by Gasteiger charge is 2.33. The summed E-state index contributed by atoms with van der Waals surface area (Å²) in [5.74, 6) is 0. The summed E-state index contributed by atoms with van der Waals surface area (Å²) in [5, 5.41) is 18.2. The van der Waals surface area contributed by atoms with E-state index >= 15 is 0 Å². The van der Waals surface area contributed by atoms with E-state index in [9.17, 15) is 13.2 Å². The van der Waals surface area contributed by atoms with Crippen molar-refractivity contribution in [1.29, 1.82) is 0 Å². The smallest absolute Gasteiger partial charge is 0.268 e. The molecule has 0 aliphatic carbocycles. The Kier molecular flexibility index (Phi) is 5.37. The second kappa shape index (κ2) is 7.96. The Balaban J connectivity index is 1.39. The van der Waals surface area contributed by atoms with Crippen LogP contribution in [0, 0.1) is 0 Å². The molecular formula is C18H14ClF3N6S. The van der Waals surface area contributed by atoms with Gasteiger partial charge in [0.1, 0.15) is 10.0 Å². The Hall–Kier alpha value is -2.72. The molecule has 0 spiro atoms. The van der Waals surface area contributed by atoms with Gasteiger partial charge < -0.3 is 0 Å². The zero-order chi connectivity index (χ0) is 20.4. The lowest BCUT2D eigenvalue weighted by Crippen LogP contribution is -2.08. The lowest BCUT2D eigenvalue weighted by atomic mass is 10.2. The van der Waals surface area contributed by atoms with Gasteiger partial charge in [0.05, 0.1) is 18.8 Å². The van der Waals surface area contributed by atoms with Crippen molar-refractivity contribution in [3.63, 3.8) is 0 Å². The van der Waals surface area contributed by atoms with Crippen LogP contribution in [0.1, 0.15) is 27.0 Å². The van der Waals surface area contributed by atoms with E-state index < -0.39 is 11.9 Å². The van der Waals surface area contributed by atoms with Gasteiger partial charge in [-0.2, -0.15) is 23.4 Å². The fraction of sp³-hybridized carbons (Fsp3) is 0.222. The molecule has 150 valence electrons. The zero-order valence-corrected chi connectivity index (χ0v) is 16.4. The number of benzene rings is 1. The molecule has 0 atom stereocenters. The number of nitrogens with zero attached hydrogens (tertiary/aromatic N) is 6.